The molecule has 1 aromatic heterocycles. The van der Waals surface area contributed by atoms with Gasteiger partial charge in [0.1, 0.15) is 5.78 Å². The molecule has 0 aromatic carbocycles. The Bertz CT molecular complexity index is 336. The normalized spacial score (nSPS) is 12.9. The van der Waals surface area contributed by atoms with Crippen molar-refractivity contribution < 1.29 is 4.79 Å². The molecule has 14 heavy (non-hydrogen) atoms. The number of hydrogen-bond acceptors (Lipinski definition) is 2. The molecular weight excluding hydrogens is 198 g/mol. The van der Waals surface area contributed by atoms with E-state index in [0.717, 1.165) is 5.56 Å². The average molecular weight is 212 g/mol. The topological polar surface area (TPSA) is 30.0 Å². The van der Waals surface area contributed by atoms with Crippen molar-refractivity contribution in [3.05, 3.63) is 29.0 Å². The summed E-state index contributed by atoms with van der Waals surface area (Å²) in [5, 5.41) is 0.571. The van der Waals surface area contributed by atoms with E-state index in [1.165, 1.54) is 0 Å². The van der Waals surface area contributed by atoms with Gasteiger partial charge in [0.2, 0.25) is 0 Å². The molecule has 0 aliphatic carbocycles. The van der Waals surface area contributed by atoms with Crippen LogP contribution >= 0.6 is 11.6 Å². The van der Waals surface area contributed by atoms with E-state index in [0.29, 0.717) is 5.02 Å². The highest BCUT2D eigenvalue weighted by atomic mass is 35.5. The van der Waals surface area contributed by atoms with Crippen molar-refractivity contribution in [2.45, 2.75) is 26.7 Å². The van der Waals surface area contributed by atoms with Crippen molar-refractivity contribution in [2.75, 3.05) is 0 Å². The van der Waals surface area contributed by atoms with E-state index in [9.17, 15) is 4.79 Å². The van der Waals surface area contributed by atoms with Gasteiger partial charge in [-0.2, -0.15) is 0 Å². The van der Waals surface area contributed by atoms with Gasteiger partial charge in [-0.15, -0.1) is 0 Å². The maximum Gasteiger partial charge on any atom is 0.137 e. The molecule has 1 atom stereocenters. The minimum Gasteiger partial charge on any atom is -0.299 e. The van der Waals surface area contributed by atoms with Gasteiger partial charge in [0, 0.05) is 18.3 Å². The smallest absolute Gasteiger partial charge is 0.137 e. The van der Waals surface area contributed by atoms with Gasteiger partial charge < -0.3 is 0 Å². The number of pyridine rings is 1. The third kappa shape index (κ3) is 2.32. The van der Waals surface area contributed by atoms with Gasteiger partial charge in [-0.25, -0.2) is 0 Å². The predicted molar refractivity (Wildman–Crippen MR) is 57.5 cm³/mol. The highest BCUT2D eigenvalue weighted by molar-refractivity contribution is 6.31. The SMILES string of the molecule is CC(=O)C(c1ccncc1Cl)C(C)C. The van der Waals surface area contributed by atoms with E-state index in [1.807, 2.05) is 19.9 Å². The lowest BCUT2D eigenvalue weighted by atomic mass is 9.86. The van der Waals surface area contributed by atoms with Gasteiger partial charge in [-0.05, 0) is 24.5 Å². The molecule has 1 rings (SSSR count). The zero-order chi connectivity index (χ0) is 10.7. The number of carbonyl (C=O) groups excluding carboxylic acids is 1. The van der Waals surface area contributed by atoms with Crippen molar-refractivity contribution in [3.63, 3.8) is 0 Å². The van der Waals surface area contributed by atoms with Gasteiger partial charge in [-0.1, -0.05) is 25.4 Å². The van der Waals surface area contributed by atoms with Crippen LogP contribution < -0.4 is 0 Å². The van der Waals surface area contributed by atoms with E-state index in [1.54, 1.807) is 19.3 Å². The average Bonchev–Trinajstić information content (AvgIpc) is 2.07. The molecule has 0 radical (unpaired) electrons. The Kier molecular flexibility index (Phi) is 3.64. The molecule has 0 fully saturated rings. The minimum atomic E-state index is -0.120. The molecule has 0 aliphatic rings. The van der Waals surface area contributed by atoms with Crippen molar-refractivity contribution in [2.24, 2.45) is 5.92 Å². The molecule has 0 aliphatic heterocycles. The first-order valence-electron chi connectivity index (χ1n) is 4.64. The maximum atomic E-state index is 11.5. The molecular formula is C11H14ClNO. The molecule has 1 aromatic rings. The highest BCUT2D eigenvalue weighted by Crippen LogP contribution is 2.30. The van der Waals surface area contributed by atoms with Crippen LogP contribution in [-0.2, 0) is 4.79 Å². The van der Waals surface area contributed by atoms with E-state index < -0.39 is 0 Å². The van der Waals surface area contributed by atoms with Crippen LogP contribution in [-0.4, -0.2) is 10.8 Å². The number of rotatable bonds is 3. The van der Waals surface area contributed by atoms with Gasteiger partial charge >= 0.3 is 0 Å². The van der Waals surface area contributed by atoms with Gasteiger partial charge in [0.05, 0.1) is 5.02 Å². The van der Waals surface area contributed by atoms with Crippen LogP contribution in [0.1, 0.15) is 32.3 Å². The van der Waals surface area contributed by atoms with Crippen molar-refractivity contribution >= 4 is 17.4 Å². The molecule has 0 bridgehead atoms. The standard InChI is InChI=1S/C11H14ClNO/c1-7(2)11(8(3)14)9-4-5-13-6-10(9)12/h4-7,11H,1-3H3. The van der Waals surface area contributed by atoms with Crippen LogP contribution in [0.3, 0.4) is 0 Å². The Morgan fingerprint density at radius 3 is 2.57 bits per heavy atom. The first-order chi connectivity index (χ1) is 6.54. The monoisotopic (exact) mass is 211 g/mol. The van der Waals surface area contributed by atoms with E-state index in [4.69, 9.17) is 11.6 Å². The predicted octanol–water partition coefficient (Wildman–Crippen LogP) is 3.06. The number of Topliss-reactive ketones (excluding diaryl/α,β-unsaturated/α-hetero) is 1. The second-order valence-electron chi connectivity index (χ2n) is 3.73. The van der Waals surface area contributed by atoms with Crippen LogP contribution in [0, 0.1) is 5.92 Å². The zero-order valence-electron chi connectivity index (χ0n) is 8.62. The molecule has 0 saturated carbocycles. The summed E-state index contributed by atoms with van der Waals surface area (Å²) in [6.07, 6.45) is 3.24. The molecule has 76 valence electrons. The molecule has 0 saturated heterocycles. The van der Waals surface area contributed by atoms with Crippen molar-refractivity contribution in [1.29, 1.82) is 0 Å². The summed E-state index contributed by atoms with van der Waals surface area (Å²) in [6.45, 7) is 5.63. The fourth-order valence-electron chi connectivity index (χ4n) is 1.69. The molecule has 0 amide bonds. The van der Waals surface area contributed by atoms with Gasteiger partial charge in [0.25, 0.3) is 0 Å². The Labute approximate surface area is 89.3 Å². The number of aromatic nitrogens is 1. The van der Waals surface area contributed by atoms with E-state index in [-0.39, 0.29) is 17.6 Å². The number of carbonyl (C=O) groups is 1. The Balaban J connectivity index is 3.12. The fraction of sp³-hybridized carbons (Fsp3) is 0.455. The van der Waals surface area contributed by atoms with Crippen LogP contribution in [0.4, 0.5) is 0 Å². The van der Waals surface area contributed by atoms with E-state index >= 15 is 0 Å². The maximum absolute atomic E-state index is 11.5. The third-order valence-corrected chi connectivity index (χ3v) is 2.56. The first kappa shape index (κ1) is 11.2. The Hall–Kier alpha value is -0.890. The molecule has 0 N–H and O–H groups in total. The first-order valence-corrected chi connectivity index (χ1v) is 5.01. The number of ketones is 1. The minimum absolute atomic E-state index is 0.120. The van der Waals surface area contributed by atoms with Crippen molar-refractivity contribution in [1.82, 2.24) is 4.98 Å². The summed E-state index contributed by atoms with van der Waals surface area (Å²) in [5.41, 5.74) is 0.879. The molecule has 0 spiro atoms. The lowest BCUT2D eigenvalue weighted by Gasteiger charge is -2.18. The number of halogens is 1. The Morgan fingerprint density at radius 1 is 1.50 bits per heavy atom. The second kappa shape index (κ2) is 4.56. The van der Waals surface area contributed by atoms with Gasteiger partial charge in [-0.3, -0.25) is 9.78 Å². The molecule has 1 heterocycles. The highest BCUT2D eigenvalue weighted by Gasteiger charge is 2.22. The van der Waals surface area contributed by atoms with Gasteiger partial charge in [0.15, 0.2) is 0 Å². The molecule has 3 heteroatoms. The van der Waals surface area contributed by atoms with Crippen LogP contribution in [0.25, 0.3) is 0 Å². The summed E-state index contributed by atoms with van der Waals surface area (Å²) < 4.78 is 0. The fourth-order valence-corrected chi connectivity index (χ4v) is 1.92. The number of nitrogens with zero attached hydrogens (tertiary/aromatic N) is 1. The summed E-state index contributed by atoms with van der Waals surface area (Å²) in [7, 11) is 0. The lowest BCUT2D eigenvalue weighted by molar-refractivity contribution is -0.119. The molecule has 1 unspecified atom stereocenters. The van der Waals surface area contributed by atoms with Crippen LogP contribution in [0.2, 0.25) is 5.02 Å². The summed E-state index contributed by atoms with van der Waals surface area (Å²) in [4.78, 5) is 15.4. The quantitative estimate of drug-likeness (QED) is 0.769. The third-order valence-electron chi connectivity index (χ3n) is 2.24. The van der Waals surface area contributed by atoms with E-state index in [2.05, 4.69) is 4.98 Å². The summed E-state index contributed by atoms with van der Waals surface area (Å²) >= 11 is 5.99. The largest absolute Gasteiger partial charge is 0.299 e. The van der Waals surface area contributed by atoms with Crippen molar-refractivity contribution in [3.8, 4) is 0 Å². The number of hydrogen-bond donors (Lipinski definition) is 0. The zero-order valence-corrected chi connectivity index (χ0v) is 9.38. The van der Waals surface area contributed by atoms with Crippen LogP contribution in [0.15, 0.2) is 18.5 Å². The Morgan fingerprint density at radius 2 is 2.14 bits per heavy atom. The summed E-state index contributed by atoms with van der Waals surface area (Å²) in [6, 6.07) is 1.81. The summed E-state index contributed by atoms with van der Waals surface area (Å²) in [5.74, 6) is 0.283. The lowest BCUT2D eigenvalue weighted by Crippen LogP contribution is -2.15. The molecule has 2 nitrogen and oxygen atoms in total. The van der Waals surface area contributed by atoms with Crippen LogP contribution in [0.5, 0.6) is 0 Å². The second-order valence-corrected chi connectivity index (χ2v) is 4.14.